The molecule has 3 heteroatoms. The molecule has 38 heavy (non-hydrogen) atoms. The van der Waals surface area contributed by atoms with Crippen LogP contribution < -0.4 is 5.32 Å². The van der Waals surface area contributed by atoms with E-state index in [1.807, 2.05) is 23.1 Å². The first-order valence-corrected chi connectivity index (χ1v) is 14.6. The fourth-order valence-corrected chi connectivity index (χ4v) is 8.13. The van der Waals surface area contributed by atoms with Gasteiger partial charge in [-0.2, -0.15) is 0 Å². The van der Waals surface area contributed by atoms with Crippen LogP contribution in [0.5, 0.6) is 0 Å². The summed E-state index contributed by atoms with van der Waals surface area (Å²) in [5.74, 6) is 0. The van der Waals surface area contributed by atoms with Crippen molar-refractivity contribution in [1.82, 2.24) is 0 Å². The van der Waals surface area contributed by atoms with Gasteiger partial charge in [0.1, 0.15) is 5.37 Å². The molecular formula is C35H23NS2. The molecule has 1 aliphatic heterocycles. The van der Waals surface area contributed by atoms with E-state index in [-0.39, 0.29) is 5.37 Å². The molecule has 0 saturated heterocycles. The Hall–Kier alpha value is -4.05. The molecule has 1 unspecified atom stereocenters. The van der Waals surface area contributed by atoms with Crippen LogP contribution >= 0.6 is 23.1 Å². The summed E-state index contributed by atoms with van der Waals surface area (Å²) < 4.78 is 2.70. The van der Waals surface area contributed by atoms with Crippen LogP contribution in [0, 0.1) is 0 Å². The lowest BCUT2D eigenvalue weighted by Crippen LogP contribution is -2.00. The maximum atomic E-state index is 3.72. The standard InChI is InChI=1S/C35H23NS2/c1-2-8-23(9-3-1)35-36-31-19-18-22-16-17-25(21-30(22)34(31)38-35)24-10-6-11-26(20-24)27-13-7-14-29-28-12-4-5-15-32(28)37-33(27)29/h1-21,35-36H. The second-order valence-corrected chi connectivity index (χ2v) is 12.0. The predicted molar refractivity (Wildman–Crippen MR) is 166 cm³/mol. The molecule has 1 aromatic heterocycles. The van der Waals surface area contributed by atoms with Gasteiger partial charge in [-0.05, 0) is 62.9 Å². The minimum atomic E-state index is 0.241. The number of fused-ring (bicyclic) bond motifs is 6. The van der Waals surface area contributed by atoms with Crippen molar-refractivity contribution < 1.29 is 0 Å². The van der Waals surface area contributed by atoms with Crippen molar-refractivity contribution in [2.75, 3.05) is 5.32 Å². The van der Waals surface area contributed by atoms with Crippen LogP contribution in [0.25, 0.3) is 53.2 Å². The Bertz CT molecular complexity index is 1990. The number of thiophene rings is 1. The molecule has 0 fully saturated rings. The molecule has 0 amide bonds. The van der Waals surface area contributed by atoms with Crippen LogP contribution in [0.4, 0.5) is 5.69 Å². The first-order chi connectivity index (χ1) is 18.8. The van der Waals surface area contributed by atoms with Gasteiger partial charge in [0, 0.05) is 30.8 Å². The molecule has 1 aliphatic rings. The van der Waals surface area contributed by atoms with Crippen LogP contribution in [0.1, 0.15) is 10.9 Å². The molecule has 0 radical (unpaired) electrons. The van der Waals surface area contributed by atoms with Crippen LogP contribution in [0.2, 0.25) is 0 Å². The van der Waals surface area contributed by atoms with Gasteiger partial charge in [-0.1, -0.05) is 115 Å². The number of thioether (sulfide) groups is 1. The Morgan fingerprint density at radius 2 is 1.32 bits per heavy atom. The third-order valence-corrected chi connectivity index (χ3v) is 10.0. The van der Waals surface area contributed by atoms with Crippen molar-refractivity contribution in [1.29, 1.82) is 0 Å². The Labute approximate surface area is 229 Å². The summed E-state index contributed by atoms with van der Waals surface area (Å²) >= 11 is 3.81. The summed E-state index contributed by atoms with van der Waals surface area (Å²) in [6.45, 7) is 0. The van der Waals surface area contributed by atoms with Crippen molar-refractivity contribution in [2.24, 2.45) is 0 Å². The maximum Gasteiger partial charge on any atom is 0.103 e. The smallest absolute Gasteiger partial charge is 0.103 e. The predicted octanol–water partition coefficient (Wildman–Crippen LogP) is 10.8. The van der Waals surface area contributed by atoms with E-state index in [2.05, 4.69) is 133 Å². The van der Waals surface area contributed by atoms with E-state index < -0.39 is 0 Å². The van der Waals surface area contributed by atoms with Gasteiger partial charge in [0.15, 0.2) is 0 Å². The van der Waals surface area contributed by atoms with Gasteiger partial charge >= 0.3 is 0 Å². The van der Waals surface area contributed by atoms with E-state index in [0.29, 0.717) is 0 Å². The minimum Gasteiger partial charge on any atom is -0.368 e. The molecule has 8 rings (SSSR count). The van der Waals surface area contributed by atoms with Gasteiger partial charge in [-0.25, -0.2) is 0 Å². The SMILES string of the molecule is c1ccc(C2Nc3ccc4ccc(-c5cccc(-c6cccc7c6sc6ccccc67)c5)cc4c3S2)cc1. The molecule has 2 heterocycles. The normalized spacial score (nSPS) is 14.7. The zero-order valence-electron chi connectivity index (χ0n) is 20.5. The second kappa shape index (κ2) is 8.76. The lowest BCUT2D eigenvalue weighted by molar-refractivity contribution is 1.14. The molecular weight excluding hydrogens is 499 g/mol. The number of hydrogen-bond acceptors (Lipinski definition) is 3. The fraction of sp³-hybridized carbons (Fsp3) is 0.0286. The molecule has 1 nitrogen and oxygen atoms in total. The molecule has 7 aromatic rings. The summed E-state index contributed by atoms with van der Waals surface area (Å²) in [6.07, 6.45) is 0. The molecule has 0 saturated carbocycles. The number of benzene rings is 6. The van der Waals surface area contributed by atoms with Crippen LogP contribution in [0.15, 0.2) is 132 Å². The highest BCUT2D eigenvalue weighted by Gasteiger charge is 2.24. The Balaban J connectivity index is 1.22. The zero-order valence-corrected chi connectivity index (χ0v) is 22.2. The van der Waals surface area contributed by atoms with Gasteiger partial charge in [0.05, 0.1) is 0 Å². The summed E-state index contributed by atoms with van der Waals surface area (Å²) in [5.41, 5.74) is 7.59. The first-order valence-electron chi connectivity index (χ1n) is 12.9. The van der Waals surface area contributed by atoms with Crippen LogP contribution in [-0.2, 0) is 0 Å². The summed E-state index contributed by atoms with van der Waals surface area (Å²) in [4.78, 5) is 1.34. The van der Waals surface area contributed by atoms with Crippen molar-refractivity contribution in [3.8, 4) is 22.3 Å². The van der Waals surface area contributed by atoms with E-state index in [0.717, 1.165) is 0 Å². The minimum absolute atomic E-state index is 0.241. The van der Waals surface area contributed by atoms with E-state index in [4.69, 9.17) is 0 Å². The summed E-state index contributed by atoms with van der Waals surface area (Å²) in [5, 5.41) is 9.24. The third kappa shape index (κ3) is 3.54. The zero-order chi connectivity index (χ0) is 25.1. The van der Waals surface area contributed by atoms with Crippen molar-refractivity contribution in [3.63, 3.8) is 0 Å². The number of anilines is 1. The fourth-order valence-electron chi connectivity index (χ4n) is 5.62. The highest BCUT2D eigenvalue weighted by Crippen LogP contribution is 2.50. The lowest BCUT2D eigenvalue weighted by Gasteiger charge is -2.10. The Morgan fingerprint density at radius 3 is 2.26 bits per heavy atom. The average Bonchev–Trinajstić information content (AvgIpc) is 3.60. The van der Waals surface area contributed by atoms with Crippen LogP contribution in [-0.4, -0.2) is 0 Å². The molecule has 0 bridgehead atoms. The molecule has 0 spiro atoms. The monoisotopic (exact) mass is 521 g/mol. The van der Waals surface area contributed by atoms with Gasteiger partial charge in [-0.3, -0.25) is 0 Å². The van der Waals surface area contributed by atoms with Gasteiger partial charge in [0.2, 0.25) is 0 Å². The number of rotatable bonds is 3. The van der Waals surface area contributed by atoms with E-state index >= 15 is 0 Å². The maximum absolute atomic E-state index is 3.72. The topological polar surface area (TPSA) is 12.0 Å². The second-order valence-electron chi connectivity index (χ2n) is 9.79. The van der Waals surface area contributed by atoms with Gasteiger partial charge < -0.3 is 5.32 Å². The Morgan fingerprint density at radius 1 is 0.553 bits per heavy atom. The first kappa shape index (κ1) is 22.0. The van der Waals surface area contributed by atoms with Crippen LogP contribution in [0.3, 0.4) is 0 Å². The molecule has 1 atom stereocenters. The van der Waals surface area contributed by atoms with Gasteiger partial charge in [0.25, 0.3) is 0 Å². The van der Waals surface area contributed by atoms with Crippen molar-refractivity contribution in [3.05, 3.63) is 133 Å². The third-order valence-electron chi connectivity index (χ3n) is 7.51. The van der Waals surface area contributed by atoms with Gasteiger partial charge in [-0.15, -0.1) is 11.3 Å². The summed E-state index contributed by atoms with van der Waals surface area (Å²) in [6, 6.07) is 46.5. The van der Waals surface area contributed by atoms with E-state index in [9.17, 15) is 0 Å². The van der Waals surface area contributed by atoms with E-state index in [1.54, 1.807) is 0 Å². The van der Waals surface area contributed by atoms with Crippen molar-refractivity contribution >= 4 is 59.7 Å². The molecule has 6 aromatic carbocycles. The number of nitrogens with one attached hydrogen (secondary N) is 1. The highest BCUT2D eigenvalue weighted by molar-refractivity contribution is 8.00. The molecule has 1 N–H and O–H groups in total. The highest BCUT2D eigenvalue weighted by atomic mass is 32.2. The molecule has 180 valence electrons. The van der Waals surface area contributed by atoms with Crippen molar-refractivity contribution in [2.45, 2.75) is 10.3 Å². The summed E-state index contributed by atoms with van der Waals surface area (Å²) in [7, 11) is 0. The Kier molecular flexibility index (Phi) is 5.07. The lowest BCUT2D eigenvalue weighted by atomic mass is 9.96. The quantitative estimate of drug-likeness (QED) is 0.248. The van der Waals surface area contributed by atoms with E-state index in [1.165, 1.54) is 69.3 Å². The molecule has 0 aliphatic carbocycles. The largest absolute Gasteiger partial charge is 0.368 e. The number of hydrogen-bond donors (Lipinski definition) is 1. The average molecular weight is 522 g/mol.